The molecule has 36 heavy (non-hydrogen) atoms. The number of hydrogen-bond donors (Lipinski definition) is 2. The second kappa shape index (κ2) is 9.78. The van der Waals surface area contributed by atoms with Gasteiger partial charge in [0, 0.05) is 22.2 Å². The maximum atomic E-state index is 5.97. The summed E-state index contributed by atoms with van der Waals surface area (Å²) in [5, 5.41) is 1.40. The highest BCUT2D eigenvalue weighted by Crippen LogP contribution is 2.61. The lowest BCUT2D eigenvalue weighted by Gasteiger charge is -2.57. The van der Waals surface area contributed by atoms with Crippen LogP contribution >= 0.6 is 0 Å². The number of H-pyrrole nitrogens is 1. The summed E-state index contributed by atoms with van der Waals surface area (Å²) in [7, 11) is 0. The van der Waals surface area contributed by atoms with Crippen molar-refractivity contribution in [3.05, 3.63) is 47.5 Å². The van der Waals surface area contributed by atoms with E-state index < -0.39 is 0 Å². The second-order valence-electron chi connectivity index (χ2n) is 11.7. The van der Waals surface area contributed by atoms with Crippen LogP contribution < -0.4 is 15.2 Å². The molecule has 4 fully saturated rings. The zero-order valence-corrected chi connectivity index (χ0v) is 22.1. The zero-order chi connectivity index (χ0) is 24.7. The van der Waals surface area contributed by atoms with Gasteiger partial charge in [0.15, 0.2) is 11.5 Å². The number of ether oxygens (including phenoxy) is 2. The molecule has 4 saturated carbocycles. The fourth-order valence-electron chi connectivity index (χ4n) is 8.20. The van der Waals surface area contributed by atoms with Crippen LogP contribution in [0.15, 0.2) is 36.4 Å². The van der Waals surface area contributed by atoms with Crippen LogP contribution in [0.1, 0.15) is 76.3 Å². The Labute approximate surface area is 215 Å². The summed E-state index contributed by atoms with van der Waals surface area (Å²) in [5.41, 5.74) is 12.9. The molecular weight excluding hydrogens is 444 g/mol. The number of rotatable bonds is 10. The minimum absolute atomic E-state index is 0.413. The van der Waals surface area contributed by atoms with Gasteiger partial charge in [-0.25, -0.2) is 0 Å². The van der Waals surface area contributed by atoms with Crippen LogP contribution in [0.25, 0.3) is 22.2 Å². The van der Waals surface area contributed by atoms with Crippen molar-refractivity contribution in [2.75, 3.05) is 19.8 Å². The Morgan fingerprint density at radius 1 is 0.861 bits per heavy atom. The molecule has 1 heterocycles. The minimum Gasteiger partial charge on any atom is -0.490 e. The van der Waals surface area contributed by atoms with E-state index in [9.17, 15) is 0 Å². The molecule has 0 spiro atoms. The molecule has 2 aromatic carbocycles. The molecule has 0 amide bonds. The lowest BCUT2D eigenvalue weighted by Crippen LogP contribution is -2.48. The molecule has 4 bridgehead atoms. The van der Waals surface area contributed by atoms with Crippen LogP contribution in [0.5, 0.6) is 11.5 Å². The summed E-state index contributed by atoms with van der Waals surface area (Å²) in [6, 6.07) is 13.7. The molecular formula is C32H42N2O2. The standard InChI is InChI=1S/C32H42N2O2/c1-3-35-29-11-8-24(16-30(29)36-4-2)31-26(7-5-6-12-33)27-17-25(9-10-28(27)34-31)32-18-21-13-22(19-32)15-23(14-21)20-32/h8-11,16-17,21-23,34H,3-7,12-15,18-20,33H2,1-2H3. The van der Waals surface area contributed by atoms with Gasteiger partial charge in [0.25, 0.3) is 0 Å². The number of hydrogen-bond acceptors (Lipinski definition) is 3. The van der Waals surface area contributed by atoms with Crippen molar-refractivity contribution in [1.29, 1.82) is 0 Å². The van der Waals surface area contributed by atoms with E-state index in [0.717, 1.165) is 60.6 Å². The van der Waals surface area contributed by atoms with E-state index >= 15 is 0 Å². The SMILES string of the molecule is CCOc1ccc(-c2[nH]c3ccc(C45CC6CC(CC(C6)C4)C5)cc3c2CCCCN)cc1OCC. The Hall–Kier alpha value is -2.46. The molecule has 192 valence electrons. The first-order chi connectivity index (χ1) is 17.6. The molecule has 0 atom stereocenters. The van der Waals surface area contributed by atoms with Gasteiger partial charge >= 0.3 is 0 Å². The first kappa shape index (κ1) is 23.9. The van der Waals surface area contributed by atoms with Gasteiger partial charge in [0.1, 0.15) is 0 Å². The molecule has 4 heteroatoms. The average Bonchev–Trinajstić information content (AvgIpc) is 3.23. The number of benzene rings is 2. The molecule has 7 rings (SSSR count). The average molecular weight is 487 g/mol. The van der Waals surface area contributed by atoms with Gasteiger partial charge in [-0.3, -0.25) is 0 Å². The van der Waals surface area contributed by atoms with Crippen molar-refractivity contribution < 1.29 is 9.47 Å². The van der Waals surface area contributed by atoms with Gasteiger partial charge in [-0.15, -0.1) is 0 Å². The Kier molecular flexibility index (Phi) is 6.49. The van der Waals surface area contributed by atoms with E-state index in [2.05, 4.69) is 41.4 Å². The molecule has 4 aliphatic rings. The lowest BCUT2D eigenvalue weighted by atomic mass is 9.48. The molecule has 4 nitrogen and oxygen atoms in total. The van der Waals surface area contributed by atoms with Crippen LogP contribution in [-0.4, -0.2) is 24.7 Å². The maximum absolute atomic E-state index is 5.97. The summed E-state index contributed by atoms with van der Waals surface area (Å²) in [6.45, 7) is 6.03. The van der Waals surface area contributed by atoms with Gasteiger partial charge in [-0.05, 0) is 143 Å². The molecule has 0 radical (unpaired) electrons. The Morgan fingerprint density at radius 2 is 1.56 bits per heavy atom. The highest BCUT2D eigenvalue weighted by atomic mass is 16.5. The van der Waals surface area contributed by atoms with Crippen molar-refractivity contribution in [3.63, 3.8) is 0 Å². The quantitative estimate of drug-likeness (QED) is 0.294. The first-order valence-corrected chi connectivity index (χ1v) is 14.4. The lowest BCUT2D eigenvalue weighted by molar-refractivity contribution is -0.00513. The molecule has 1 aromatic heterocycles. The van der Waals surface area contributed by atoms with Crippen LogP contribution in [0.3, 0.4) is 0 Å². The molecule has 4 aliphatic carbocycles. The fraction of sp³-hybridized carbons (Fsp3) is 0.562. The molecule has 3 N–H and O–H groups in total. The van der Waals surface area contributed by atoms with E-state index in [4.69, 9.17) is 15.2 Å². The van der Waals surface area contributed by atoms with Crippen LogP contribution in [-0.2, 0) is 11.8 Å². The van der Waals surface area contributed by atoms with Crippen LogP contribution in [0.4, 0.5) is 0 Å². The van der Waals surface area contributed by atoms with Gasteiger partial charge in [0.2, 0.25) is 0 Å². The van der Waals surface area contributed by atoms with E-state index in [1.807, 2.05) is 13.8 Å². The van der Waals surface area contributed by atoms with E-state index in [-0.39, 0.29) is 0 Å². The number of nitrogens with one attached hydrogen (secondary N) is 1. The third-order valence-electron chi connectivity index (χ3n) is 9.27. The van der Waals surface area contributed by atoms with Crippen molar-refractivity contribution in [2.24, 2.45) is 23.5 Å². The van der Waals surface area contributed by atoms with E-state index in [1.165, 1.54) is 60.7 Å². The topological polar surface area (TPSA) is 60.3 Å². The number of aryl methyl sites for hydroxylation is 1. The summed E-state index contributed by atoms with van der Waals surface area (Å²) in [6.07, 6.45) is 11.9. The number of fused-ring (bicyclic) bond motifs is 1. The summed E-state index contributed by atoms with van der Waals surface area (Å²) in [5.74, 6) is 4.50. The fourth-order valence-corrected chi connectivity index (χ4v) is 8.20. The van der Waals surface area contributed by atoms with Crippen molar-refractivity contribution in [2.45, 2.75) is 77.0 Å². The van der Waals surface area contributed by atoms with Gasteiger partial charge < -0.3 is 20.2 Å². The monoisotopic (exact) mass is 486 g/mol. The smallest absolute Gasteiger partial charge is 0.161 e. The van der Waals surface area contributed by atoms with Crippen molar-refractivity contribution in [3.8, 4) is 22.8 Å². The molecule has 0 aliphatic heterocycles. The highest BCUT2D eigenvalue weighted by Gasteiger charge is 2.51. The number of aromatic nitrogens is 1. The molecule has 3 aromatic rings. The normalized spacial score (nSPS) is 26.6. The van der Waals surface area contributed by atoms with Crippen molar-refractivity contribution >= 4 is 10.9 Å². The number of nitrogens with two attached hydrogens (primary N) is 1. The third-order valence-corrected chi connectivity index (χ3v) is 9.27. The first-order valence-electron chi connectivity index (χ1n) is 14.4. The van der Waals surface area contributed by atoms with Gasteiger partial charge in [-0.1, -0.05) is 6.07 Å². The summed E-state index contributed by atoms with van der Waals surface area (Å²) >= 11 is 0. The van der Waals surface area contributed by atoms with E-state index in [0.29, 0.717) is 18.6 Å². The summed E-state index contributed by atoms with van der Waals surface area (Å²) in [4.78, 5) is 3.80. The third kappa shape index (κ3) is 4.22. The van der Waals surface area contributed by atoms with Gasteiger partial charge in [-0.2, -0.15) is 0 Å². The Morgan fingerprint density at radius 3 is 2.22 bits per heavy atom. The highest BCUT2D eigenvalue weighted by molar-refractivity contribution is 5.91. The van der Waals surface area contributed by atoms with Crippen LogP contribution in [0.2, 0.25) is 0 Å². The van der Waals surface area contributed by atoms with Crippen LogP contribution in [0, 0.1) is 17.8 Å². The second-order valence-corrected chi connectivity index (χ2v) is 11.7. The predicted molar refractivity (Wildman–Crippen MR) is 148 cm³/mol. The Bertz CT molecular complexity index is 1190. The van der Waals surface area contributed by atoms with Gasteiger partial charge in [0.05, 0.1) is 13.2 Å². The number of aromatic amines is 1. The summed E-state index contributed by atoms with van der Waals surface area (Å²) < 4.78 is 11.8. The van der Waals surface area contributed by atoms with E-state index in [1.54, 1.807) is 5.56 Å². The number of unbranched alkanes of at least 4 members (excludes halogenated alkanes) is 1. The maximum Gasteiger partial charge on any atom is 0.161 e. The van der Waals surface area contributed by atoms with Crippen molar-refractivity contribution in [1.82, 2.24) is 4.98 Å². The zero-order valence-electron chi connectivity index (χ0n) is 22.1. The predicted octanol–water partition coefficient (Wildman–Crippen LogP) is 7.38. The largest absolute Gasteiger partial charge is 0.490 e. The molecule has 0 unspecified atom stereocenters. The Balaban J connectivity index is 1.43. The minimum atomic E-state index is 0.413. The molecule has 0 saturated heterocycles.